The maximum atomic E-state index is 11.3. The van der Waals surface area contributed by atoms with Gasteiger partial charge in [0.05, 0.1) is 6.61 Å². The first kappa shape index (κ1) is 20.0. The molecule has 0 radical (unpaired) electrons. The van der Waals surface area contributed by atoms with E-state index in [1.807, 2.05) is 48.7 Å². The fraction of sp³-hybridized carbons (Fsp3) is 0.300. The van der Waals surface area contributed by atoms with Gasteiger partial charge in [-0.2, -0.15) is 0 Å². The Bertz CT molecular complexity index is 1050. The first-order valence-electron chi connectivity index (χ1n) is 9.38. The van der Waals surface area contributed by atoms with Crippen LogP contribution in [0, 0.1) is 17.0 Å². The number of ether oxygens (including phenoxy) is 3. The van der Waals surface area contributed by atoms with Crippen LogP contribution in [0.3, 0.4) is 0 Å². The highest BCUT2D eigenvalue weighted by molar-refractivity contribution is 7.99. The predicted molar refractivity (Wildman–Crippen MR) is 110 cm³/mol. The van der Waals surface area contributed by atoms with E-state index in [1.54, 1.807) is 12.1 Å². The molecule has 3 aromatic rings. The van der Waals surface area contributed by atoms with Gasteiger partial charge in [-0.3, -0.25) is 14.7 Å². The monoisotopic (exact) mass is 428 g/mol. The van der Waals surface area contributed by atoms with Crippen LogP contribution < -0.4 is 14.2 Å². The molecule has 0 N–H and O–H groups in total. The quantitative estimate of drug-likeness (QED) is 0.303. The van der Waals surface area contributed by atoms with Crippen molar-refractivity contribution in [1.82, 2.24) is 14.8 Å². The Morgan fingerprint density at radius 2 is 1.97 bits per heavy atom. The zero-order valence-corrected chi connectivity index (χ0v) is 17.3. The lowest BCUT2D eigenvalue weighted by Gasteiger charge is -2.15. The van der Waals surface area contributed by atoms with Crippen molar-refractivity contribution in [3.63, 3.8) is 0 Å². The molecular formula is C20H20N4O5S. The predicted octanol–water partition coefficient (Wildman–Crippen LogP) is 3.81. The van der Waals surface area contributed by atoms with Crippen LogP contribution in [0.1, 0.15) is 23.6 Å². The lowest BCUT2D eigenvalue weighted by atomic mass is 10.1. The zero-order valence-electron chi connectivity index (χ0n) is 16.5. The molecule has 0 fully saturated rings. The van der Waals surface area contributed by atoms with Crippen molar-refractivity contribution in [2.45, 2.75) is 24.3 Å². The van der Waals surface area contributed by atoms with Crippen molar-refractivity contribution in [1.29, 1.82) is 0 Å². The largest absolute Gasteiger partial charge is 0.494 e. The Kier molecular flexibility index (Phi) is 5.75. The Labute approximate surface area is 177 Å². The van der Waals surface area contributed by atoms with Gasteiger partial charge in [-0.1, -0.05) is 17.8 Å². The summed E-state index contributed by atoms with van der Waals surface area (Å²) in [5.41, 5.74) is 1.62. The van der Waals surface area contributed by atoms with E-state index < -0.39 is 5.25 Å². The van der Waals surface area contributed by atoms with Gasteiger partial charge in [0.2, 0.25) is 13.3 Å². The molecule has 30 heavy (non-hydrogen) atoms. The molecule has 1 aliphatic heterocycles. The van der Waals surface area contributed by atoms with Gasteiger partial charge < -0.3 is 14.2 Å². The van der Waals surface area contributed by atoms with Crippen LogP contribution >= 0.6 is 11.8 Å². The van der Waals surface area contributed by atoms with Gasteiger partial charge in [0.1, 0.15) is 16.8 Å². The third kappa shape index (κ3) is 4.18. The molecule has 0 aliphatic carbocycles. The van der Waals surface area contributed by atoms with Crippen molar-refractivity contribution in [3.8, 4) is 22.9 Å². The van der Waals surface area contributed by atoms with E-state index in [1.165, 1.54) is 11.8 Å². The second-order valence-corrected chi connectivity index (χ2v) is 7.70. The minimum absolute atomic E-state index is 0.150. The topological polar surface area (TPSA) is 102 Å². The number of benzene rings is 2. The van der Waals surface area contributed by atoms with E-state index >= 15 is 0 Å². The maximum Gasteiger partial charge on any atom is 0.231 e. The maximum absolute atomic E-state index is 11.3. The second kappa shape index (κ2) is 8.62. The summed E-state index contributed by atoms with van der Waals surface area (Å²) in [6.45, 7) is 4.25. The number of thioether (sulfide) groups is 1. The van der Waals surface area contributed by atoms with Crippen molar-refractivity contribution >= 4 is 11.8 Å². The van der Waals surface area contributed by atoms with Gasteiger partial charge >= 0.3 is 0 Å². The molecule has 4 rings (SSSR count). The molecule has 0 amide bonds. The zero-order chi connectivity index (χ0) is 21.1. The van der Waals surface area contributed by atoms with E-state index in [4.69, 9.17) is 14.2 Å². The third-order valence-corrected chi connectivity index (χ3v) is 5.71. The van der Waals surface area contributed by atoms with Crippen LogP contribution in [0.25, 0.3) is 5.69 Å². The summed E-state index contributed by atoms with van der Waals surface area (Å²) in [6.07, 6.45) is 0. The number of hydrogen-bond donors (Lipinski definition) is 0. The first-order chi connectivity index (χ1) is 14.5. The van der Waals surface area contributed by atoms with Gasteiger partial charge in [-0.25, -0.2) is 0 Å². The Morgan fingerprint density at radius 1 is 1.20 bits per heavy atom. The van der Waals surface area contributed by atoms with Crippen molar-refractivity contribution in [2.75, 3.05) is 19.9 Å². The van der Waals surface area contributed by atoms with Gasteiger partial charge in [-0.05, 0) is 55.8 Å². The summed E-state index contributed by atoms with van der Waals surface area (Å²) >= 11 is 1.29. The summed E-state index contributed by atoms with van der Waals surface area (Å²) < 4.78 is 18.1. The fourth-order valence-corrected chi connectivity index (χ4v) is 4.33. The summed E-state index contributed by atoms with van der Waals surface area (Å²) in [7, 11) is 0. The molecule has 0 saturated heterocycles. The van der Waals surface area contributed by atoms with Crippen LogP contribution in [0.15, 0.2) is 47.6 Å². The van der Waals surface area contributed by atoms with Crippen LogP contribution in [0.5, 0.6) is 17.2 Å². The smallest absolute Gasteiger partial charge is 0.231 e. The lowest BCUT2D eigenvalue weighted by Crippen LogP contribution is -2.11. The number of aromatic nitrogens is 3. The lowest BCUT2D eigenvalue weighted by molar-refractivity contribution is -0.479. The number of hydrogen-bond acceptors (Lipinski definition) is 8. The minimum Gasteiger partial charge on any atom is -0.494 e. The van der Waals surface area contributed by atoms with E-state index in [0.29, 0.717) is 29.1 Å². The van der Waals surface area contributed by atoms with Crippen LogP contribution in [0.4, 0.5) is 0 Å². The molecule has 0 spiro atoms. The number of nitrogens with zero attached hydrogens (tertiary/aromatic N) is 4. The molecule has 156 valence electrons. The summed E-state index contributed by atoms with van der Waals surface area (Å²) in [5.74, 6) is 2.68. The summed E-state index contributed by atoms with van der Waals surface area (Å²) in [6, 6.07) is 12.9. The van der Waals surface area contributed by atoms with Crippen molar-refractivity contribution in [3.05, 3.63) is 64.0 Å². The van der Waals surface area contributed by atoms with Crippen molar-refractivity contribution < 1.29 is 19.1 Å². The van der Waals surface area contributed by atoms with E-state index in [-0.39, 0.29) is 18.3 Å². The number of nitro groups is 1. The normalized spacial score (nSPS) is 13.3. The average molecular weight is 428 g/mol. The molecule has 10 heteroatoms. The van der Waals surface area contributed by atoms with E-state index in [9.17, 15) is 10.1 Å². The molecule has 2 aromatic carbocycles. The van der Waals surface area contributed by atoms with E-state index in [2.05, 4.69) is 10.2 Å². The average Bonchev–Trinajstić information content (AvgIpc) is 3.34. The molecular weight excluding hydrogens is 408 g/mol. The van der Waals surface area contributed by atoms with Crippen molar-refractivity contribution in [2.24, 2.45) is 0 Å². The van der Waals surface area contributed by atoms with Gasteiger partial charge in [0.15, 0.2) is 16.7 Å². The summed E-state index contributed by atoms with van der Waals surface area (Å²) in [5, 5.41) is 19.9. The van der Waals surface area contributed by atoms with Gasteiger partial charge in [0, 0.05) is 10.6 Å². The van der Waals surface area contributed by atoms with Crippen LogP contribution in [0.2, 0.25) is 0 Å². The fourth-order valence-electron chi connectivity index (χ4n) is 3.16. The molecule has 1 aliphatic rings. The Morgan fingerprint density at radius 3 is 2.70 bits per heavy atom. The van der Waals surface area contributed by atoms with Gasteiger partial charge in [0.25, 0.3) is 0 Å². The minimum atomic E-state index is -0.473. The highest BCUT2D eigenvalue weighted by Crippen LogP contribution is 2.40. The standard InChI is InChI=1S/C20H20N4O5S/c1-3-27-16-7-5-15(6-8-16)24-13(2)21-22-20(24)30-19(11-23(25)26)14-4-9-17-18(10-14)29-12-28-17/h4-10,19H,3,11-12H2,1-2H3/t19-/m0/s1. The van der Waals surface area contributed by atoms with E-state index in [0.717, 1.165) is 17.0 Å². The first-order valence-corrected chi connectivity index (χ1v) is 10.3. The molecule has 9 nitrogen and oxygen atoms in total. The number of rotatable bonds is 8. The Hall–Kier alpha value is -3.27. The molecule has 0 saturated carbocycles. The van der Waals surface area contributed by atoms with Crippen LogP contribution in [-0.2, 0) is 0 Å². The summed E-state index contributed by atoms with van der Waals surface area (Å²) in [4.78, 5) is 11.0. The van der Waals surface area contributed by atoms with Gasteiger partial charge in [-0.15, -0.1) is 10.2 Å². The molecule has 0 bridgehead atoms. The highest BCUT2D eigenvalue weighted by atomic mass is 32.2. The second-order valence-electron chi connectivity index (χ2n) is 6.53. The molecule has 2 heterocycles. The number of aryl methyl sites for hydroxylation is 1. The Balaban J connectivity index is 1.65. The third-order valence-electron chi connectivity index (χ3n) is 4.53. The SMILES string of the molecule is CCOc1ccc(-n2c(C)nnc2S[C@@H](C[N+](=O)[O-])c2ccc3c(c2)OCO3)cc1. The van der Waals surface area contributed by atoms with Crippen LogP contribution in [-0.4, -0.2) is 39.6 Å². The molecule has 1 aromatic heterocycles. The molecule has 1 atom stereocenters. The highest BCUT2D eigenvalue weighted by Gasteiger charge is 2.26. The molecule has 0 unspecified atom stereocenters. The number of fused-ring (bicyclic) bond motifs is 1.